The number of methoxy groups -OCH3 is 2. The summed E-state index contributed by atoms with van der Waals surface area (Å²) in [6.45, 7) is 4.16. The third kappa shape index (κ3) is 5.50. The molecule has 0 fully saturated rings. The van der Waals surface area contributed by atoms with Crippen LogP contribution in [0.3, 0.4) is 0 Å². The largest absolute Gasteiger partial charge is 0.496 e. The minimum absolute atomic E-state index is 0.00819. The summed E-state index contributed by atoms with van der Waals surface area (Å²) in [6.07, 6.45) is 1.37. The van der Waals surface area contributed by atoms with Crippen LogP contribution >= 0.6 is 11.6 Å². The number of carbonyl (C=O) groups is 1. The van der Waals surface area contributed by atoms with Crippen molar-refractivity contribution in [2.75, 3.05) is 26.1 Å². The lowest BCUT2D eigenvalue weighted by molar-refractivity contribution is -0.144. The second-order valence-electron chi connectivity index (χ2n) is 7.62. The van der Waals surface area contributed by atoms with E-state index in [0.717, 1.165) is 5.56 Å². The molecule has 1 heterocycles. The number of hydrogen-bond acceptors (Lipinski definition) is 7. The SMILES string of the molecule is COCC(C)N(Cc1cc2c(Nc3cccc(Cl)c3F)ncnc2cc1OC)[C@@H](C)C(=O)O. The summed E-state index contributed by atoms with van der Waals surface area (Å²) in [5, 5.41) is 13.2. The number of aromatic nitrogens is 2. The molecule has 0 spiro atoms. The van der Waals surface area contributed by atoms with Crippen LogP contribution in [0, 0.1) is 5.82 Å². The number of ether oxygens (including phenoxy) is 2. The average molecular weight is 477 g/mol. The molecule has 2 N–H and O–H groups in total. The number of halogens is 2. The van der Waals surface area contributed by atoms with Gasteiger partial charge >= 0.3 is 5.97 Å². The normalized spacial score (nSPS) is 13.2. The summed E-state index contributed by atoms with van der Waals surface area (Å²) in [4.78, 5) is 22.1. The van der Waals surface area contributed by atoms with Crippen LogP contribution in [0.2, 0.25) is 5.02 Å². The number of carboxylic acids is 1. The second-order valence-corrected chi connectivity index (χ2v) is 8.03. The highest BCUT2D eigenvalue weighted by atomic mass is 35.5. The quantitative estimate of drug-likeness (QED) is 0.442. The first-order chi connectivity index (χ1) is 15.8. The van der Waals surface area contributed by atoms with Gasteiger partial charge in [-0.3, -0.25) is 9.69 Å². The smallest absolute Gasteiger partial charge is 0.320 e. The molecule has 10 heteroatoms. The number of nitrogens with zero attached hydrogens (tertiary/aromatic N) is 3. The Morgan fingerprint density at radius 2 is 2.03 bits per heavy atom. The third-order valence-corrected chi connectivity index (χ3v) is 5.72. The minimum Gasteiger partial charge on any atom is -0.496 e. The van der Waals surface area contributed by atoms with Gasteiger partial charge in [-0.15, -0.1) is 0 Å². The molecular weight excluding hydrogens is 451 g/mol. The van der Waals surface area contributed by atoms with Gasteiger partial charge in [0.15, 0.2) is 5.82 Å². The number of fused-ring (bicyclic) bond motifs is 1. The van der Waals surface area contributed by atoms with E-state index < -0.39 is 17.8 Å². The Morgan fingerprint density at radius 3 is 2.70 bits per heavy atom. The molecule has 0 saturated heterocycles. The third-order valence-electron chi connectivity index (χ3n) is 5.42. The summed E-state index contributed by atoms with van der Waals surface area (Å²) in [7, 11) is 3.11. The molecule has 1 aromatic heterocycles. The number of anilines is 2. The number of carboxylic acid groups (broad SMARTS) is 1. The number of rotatable bonds is 10. The predicted molar refractivity (Wildman–Crippen MR) is 125 cm³/mol. The van der Waals surface area contributed by atoms with E-state index >= 15 is 0 Å². The van der Waals surface area contributed by atoms with Crippen molar-refractivity contribution in [2.24, 2.45) is 0 Å². The van der Waals surface area contributed by atoms with E-state index in [-0.39, 0.29) is 23.3 Å². The van der Waals surface area contributed by atoms with Gasteiger partial charge in [-0.25, -0.2) is 14.4 Å². The molecule has 2 atom stereocenters. The number of aliphatic carboxylic acids is 1. The lowest BCUT2D eigenvalue weighted by Gasteiger charge is -2.32. The van der Waals surface area contributed by atoms with Crippen LogP contribution in [-0.4, -0.2) is 58.9 Å². The van der Waals surface area contributed by atoms with E-state index in [1.807, 2.05) is 17.9 Å². The molecule has 176 valence electrons. The lowest BCUT2D eigenvalue weighted by atomic mass is 10.1. The monoisotopic (exact) mass is 476 g/mol. The van der Waals surface area contributed by atoms with Crippen molar-refractivity contribution in [3.05, 3.63) is 53.1 Å². The maximum atomic E-state index is 14.5. The highest BCUT2D eigenvalue weighted by Gasteiger charge is 2.27. The van der Waals surface area contributed by atoms with Crippen molar-refractivity contribution in [3.8, 4) is 5.75 Å². The topological polar surface area (TPSA) is 96.8 Å². The molecule has 0 amide bonds. The summed E-state index contributed by atoms with van der Waals surface area (Å²) in [5.74, 6) is -0.601. The first-order valence-corrected chi connectivity index (χ1v) is 10.6. The number of nitrogens with one attached hydrogen (secondary N) is 1. The zero-order valence-corrected chi connectivity index (χ0v) is 19.6. The van der Waals surface area contributed by atoms with Crippen molar-refractivity contribution < 1.29 is 23.8 Å². The average Bonchev–Trinajstić information content (AvgIpc) is 2.79. The molecular formula is C23H26ClFN4O4. The summed E-state index contributed by atoms with van der Waals surface area (Å²) in [5.41, 5.74) is 1.48. The Morgan fingerprint density at radius 1 is 1.27 bits per heavy atom. The lowest BCUT2D eigenvalue weighted by Crippen LogP contribution is -2.45. The van der Waals surface area contributed by atoms with Crippen molar-refractivity contribution in [1.82, 2.24) is 14.9 Å². The van der Waals surface area contributed by atoms with Crippen molar-refractivity contribution in [3.63, 3.8) is 0 Å². The highest BCUT2D eigenvalue weighted by molar-refractivity contribution is 6.31. The molecule has 3 aromatic rings. The van der Waals surface area contributed by atoms with Crippen molar-refractivity contribution in [1.29, 1.82) is 0 Å². The molecule has 0 saturated carbocycles. The Labute approximate surface area is 196 Å². The predicted octanol–water partition coefficient (Wildman–Crippen LogP) is 4.48. The molecule has 0 aliphatic carbocycles. The van der Waals surface area contributed by atoms with Crippen LogP contribution in [-0.2, 0) is 16.1 Å². The maximum Gasteiger partial charge on any atom is 0.320 e. The van der Waals surface area contributed by atoms with E-state index in [2.05, 4.69) is 15.3 Å². The summed E-state index contributed by atoms with van der Waals surface area (Å²) < 4.78 is 25.3. The molecule has 2 aromatic carbocycles. The Bertz CT molecular complexity index is 1150. The Balaban J connectivity index is 2.06. The highest BCUT2D eigenvalue weighted by Crippen LogP contribution is 2.32. The van der Waals surface area contributed by atoms with E-state index in [1.165, 1.54) is 19.5 Å². The molecule has 33 heavy (non-hydrogen) atoms. The fourth-order valence-corrected chi connectivity index (χ4v) is 3.79. The molecule has 1 unspecified atom stereocenters. The fraction of sp³-hybridized carbons (Fsp3) is 0.348. The van der Waals surface area contributed by atoms with Gasteiger partial charge in [-0.05, 0) is 32.0 Å². The molecule has 8 nitrogen and oxygen atoms in total. The second kappa shape index (κ2) is 10.7. The zero-order valence-electron chi connectivity index (χ0n) is 18.8. The molecule has 0 radical (unpaired) electrons. The Hall–Kier alpha value is -3.01. The van der Waals surface area contributed by atoms with Gasteiger partial charge in [0, 0.05) is 36.7 Å². The van der Waals surface area contributed by atoms with Crippen LogP contribution in [0.25, 0.3) is 10.9 Å². The summed E-state index contributed by atoms with van der Waals surface area (Å²) in [6, 6.07) is 7.28. The first kappa shape index (κ1) is 24.6. The van der Waals surface area contributed by atoms with Gasteiger partial charge in [0.2, 0.25) is 0 Å². The molecule has 3 rings (SSSR count). The van der Waals surface area contributed by atoms with Gasteiger partial charge in [-0.2, -0.15) is 0 Å². The van der Waals surface area contributed by atoms with Crippen molar-refractivity contribution in [2.45, 2.75) is 32.5 Å². The Kier molecular flexibility index (Phi) is 8.01. The van der Waals surface area contributed by atoms with Crippen LogP contribution in [0.15, 0.2) is 36.7 Å². The van der Waals surface area contributed by atoms with Gasteiger partial charge in [0.25, 0.3) is 0 Å². The maximum absolute atomic E-state index is 14.5. The standard InChI is InChI=1S/C23H26ClFN4O4/c1-13(11-32-3)29(14(2)23(30)31)10-15-8-16-19(9-20(15)33-4)26-12-27-22(16)28-18-7-5-6-17(24)21(18)25/h5-9,12-14H,10-11H2,1-4H3,(H,30,31)(H,26,27,28)/t13?,14-/m0/s1. The van der Waals surface area contributed by atoms with E-state index in [0.29, 0.717) is 29.1 Å². The first-order valence-electron chi connectivity index (χ1n) is 10.3. The van der Waals surface area contributed by atoms with Crippen LogP contribution in [0.4, 0.5) is 15.9 Å². The molecule has 0 aliphatic heterocycles. The minimum atomic E-state index is -0.945. The van der Waals surface area contributed by atoms with Crippen molar-refractivity contribution >= 4 is 40.0 Å². The van der Waals surface area contributed by atoms with E-state index in [1.54, 1.807) is 32.2 Å². The van der Waals surface area contributed by atoms with Gasteiger partial charge < -0.3 is 19.9 Å². The van der Waals surface area contributed by atoms with Crippen LogP contribution in [0.1, 0.15) is 19.4 Å². The van der Waals surface area contributed by atoms with E-state index in [9.17, 15) is 14.3 Å². The fourth-order valence-electron chi connectivity index (χ4n) is 3.62. The van der Waals surface area contributed by atoms with Crippen LogP contribution in [0.5, 0.6) is 5.75 Å². The number of benzene rings is 2. The van der Waals surface area contributed by atoms with Gasteiger partial charge in [0.05, 0.1) is 29.9 Å². The van der Waals surface area contributed by atoms with E-state index in [4.69, 9.17) is 21.1 Å². The molecule has 0 bridgehead atoms. The van der Waals surface area contributed by atoms with Gasteiger partial charge in [0.1, 0.15) is 23.9 Å². The van der Waals surface area contributed by atoms with Crippen LogP contribution < -0.4 is 10.1 Å². The number of hydrogen-bond donors (Lipinski definition) is 2. The zero-order chi connectivity index (χ0) is 24.1. The van der Waals surface area contributed by atoms with Gasteiger partial charge in [-0.1, -0.05) is 17.7 Å². The molecule has 0 aliphatic rings. The summed E-state index contributed by atoms with van der Waals surface area (Å²) >= 11 is 5.90.